The van der Waals surface area contributed by atoms with Crippen LogP contribution in [0.5, 0.6) is 5.75 Å². The molecular formula is C10H15BrN2O3S. The zero-order chi connectivity index (χ0) is 13.1. The number of ether oxygens (including phenoxy) is 1. The maximum Gasteiger partial charge on any atom is 0.301 e. The fraction of sp³-hybridized carbons (Fsp3) is 0.400. The van der Waals surface area contributed by atoms with Crippen molar-refractivity contribution in [1.29, 1.82) is 0 Å². The molecule has 17 heavy (non-hydrogen) atoms. The van der Waals surface area contributed by atoms with E-state index >= 15 is 0 Å². The van der Waals surface area contributed by atoms with E-state index in [4.69, 9.17) is 4.74 Å². The Hall–Kier alpha value is -0.790. The van der Waals surface area contributed by atoms with Gasteiger partial charge in [0.2, 0.25) is 0 Å². The molecular weight excluding hydrogens is 308 g/mol. The maximum absolute atomic E-state index is 11.8. The zero-order valence-electron chi connectivity index (χ0n) is 9.90. The number of methoxy groups -OCH3 is 1. The van der Waals surface area contributed by atoms with Crippen molar-refractivity contribution >= 4 is 31.8 Å². The van der Waals surface area contributed by atoms with Crippen LogP contribution in [-0.2, 0) is 10.2 Å². The number of nitrogens with one attached hydrogen (secondary N) is 1. The standard InChI is InChI=1S/C10H15BrN2O3S/c1-4-13(2)17(14,15)12-9-5-8(11)6-10(7-9)16-3/h5-7,12H,4H2,1-3H3. The lowest BCUT2D eigenvalue weighted by atomic mass is 10.3. The molecule has 0 saturated heterocycles. The topological polar surface area (TPSA) is 58.6 Å². The molecule has 0 bridgehead atoms. The third-order valence-corrected chi connectivity index (χ3v) is 4.24. The summed E-state index contributed by atoms with van der Waals surface area (Å²) in [5, 5.41) is 0. The smallest absolute Gasteiger partial charge is 0.301 e. The summed E-state index contributed by atoms with van der Waals surface area (Å²) in [6.45, 7) is 2.17. The summed E-state index contributed by atoms with van der Waals surface area (Å²) in [4.78, 5) is 0. The highest BCUT2D eigenvalue weighted by atomic mass is 79.9. The molecule has 1 rings (SSSR count). The fourth-order valence-corrected chi connectivity index (χ4v) is 2.52. The normalized spacial score (nSPS) is 11.6. The lowest BCUT2D eigenvalue weighted by Gasteiger charge is -2.16. The first kappa shape index (κ1) is 14.3. The van der Waals surface area contributed by atoms with Crippen LogP contribution in [0.2, 0.25) is 0 Å². The van der Waals surface area contributed by atoms with Gasteiger partial charge in [0.15, 0.2) is 0 Å². The highest BCUT2D eigenvalue weighted by molar-refractivity contribution is 9.10. The van der Waals surface area contributed by atoms with Gasteiger partial charge in [0, 0.05) is 24.1 Å². The second-order valence-corrected chi connectivity index (χ2v) is 6.09. The number of hydrogen-bond acceptors (Lipinski definition) is 3. The van der Waals surface area contributed by atoms with Gasteiger partial charge in [0.1, 0.15) is 5.75 Å². The summed E-state index contributed by atoms with van der Waals surface area (Å²) in [5.41, 5.74) is 0.455. The van der Waals surface area contributed by atoms with Gasteiger partial charge in [-0.3, -0.25) is 4.72 Å². The van der Waals surface area contributed by atoms with Gasteiger partial charge in [-0.25, -0.2) is 0 Å². The van der Waals surface area contributed by atoms with Crippen molar-refractivity contribution in [3.8, 4) is 5.75 Å². The van der Waals surface area contributed by atoms with Crippen molar-refractivity contribution in [1.82, 2.24) is 4.31 Å². The second-order valence-electron chi connectivity index (χ2n) is 3.40. The predicted octanol–water partition coefficient (Wildman–Crippen LogP) is 2.07. The largest absolute Gasteiger partial charge is 0.497 e. The molecule has 0 spiro atoms. The van der Waals surface area contributed by atoms with Crippen LogP contribution < -0.4 is 9.46 Å². The highest BCUT2D eigenvalue weighted by Crippen LogP contribution is 2.25. The Kier molecular flexibility index (Phi) is 4.79. The molecule has 1 aromatic rings. The van der Waals surface area contributed by atoms with Gasteiger partial charge in [-0.15, -0.1) is 0 Å². The van der Waals surface area contributed by atoms with E-state index in [0.29, 0.717) is 18.0 Å². The van der Waals surface area contributed by atoms with Crippen LogP contribution in [0.1, 0.15) is 6.92 Å². The molecule has 96 valence electrons. The SMILES string of the molecule is CCN(C)S(=O)(=O)Nc1cc(Br)cc(OC)c1. The molecule has 0 heterocycles. The van der Waals surface area contributed by atoms with Crippen molar-refractivity contribution in [2.75, 3.05) is 25.4 Å². The number of anilines is 1. The van der Waals surface area contributed by atoms with E-state index in [0.717, 1.165) is 4.47 Å². The quantitative estimate of drug-likeness (QED) is 0.902. The lowest BCUT2D eigenvalue weighted by molar-refractivity contribution is 0.415. The van der Waals surface area contributed by atoms with Crippen molar-refractivity contribution in [2.24, 2.45) is 0 Å². The minimum atomic E-state index is -3.50. The Morgan fingerprint density at radius 3 is 2.59 bits per heavy atom. The van der Waals surface area contributed by atoms with E-state index in [9.17, 15) is 8.42 Å². The average Bonchev–Trinajstić information content (AvgIpc) is 2.26. The molecule has 5 nitrogen and oxygen atoms in total. The van der Waals surface area contributed by atoms with Crippen LogP contribution in [0.25, 0.3) is 0 Å². The molecule has 0 fully saturated rings. The van der Waals surface area contributed by atoms with Crippen LogP contribution in [0.3, 0.4) is 0 Å². The Balaban J connectivity index is 2.99. The van der Waals surface area contributed by atoms with E-state index in [1.807, 2.05) is 0 Å². The Morgan fingerprint density at radius 2 is 2.06 bits per heavy atom. The number of rotatable bonds is 5. The highest BCUT2D eigenvalue weighted by Gasteiger charge is 2.16. The number of halogens is 1. The summed E-state index contributed by atoms with van der Waals surface area (Å²) in [7, 11) is -0.461. The number of benzene rings is 1. The van der Waals surface area contributed by atoms with E-state index in [2.05, 4.69) is 20.7 Å². The summed E-state index contributed by atoms with van der Waals surface area (Å²) < 4.78 is 33.1. The molecule has 7 heteroatoms. The van der Waals surface area contributed by atoms with Crippen LogP contribution in [0.4, 0.5) is 5.69 Å². The average molecular weight is 323 g/mol. The van der Waals surface area contributed by atoms with Crippen molar-refractivity contribution in [2.45, 2.75) is 6.92 Å². The molecule has 1 aromatic carbocycles. The summed E-state index contributed by atoms with van der Waals surface area (Å²) in [5.74, 6) is 0.580. The number of hydrogen-bond donors (Lipinski definition) is 1. The van der Waals surface area contributed by atoms with Gasteiger partial charge in [0.25, 0.3) is 0 Å². The summed E-state index contributed by atoms with van der Waals surface area (Å²) in [6.07, 6.45) is 0. The van der Waals surface area contributed by atoms with Gasteiger partial charge in [0.05, 0.1) is 12.8 Å². The Bertz CT molecular complexity index is 490. The molecule has 0 atom stereocenters. The first-order valence-electron chi connectivity index (χ1n) is 4.97. The van der Waals surface area contributed by atoms with E-state index in [1.54, 1.807) is 25.1 Å². The number of nitrogens with zero attached hydrogens (tertiary/aromatic N) is 1. The van der Waals surface area contributed by atoms with Crippen molar-refractivity contribution in [3.05, 3.63) is 22.7 Å². The molecule has 0 amide bonds. The third-order valence-electron chi connectivity index (χ3n) is 2.21. The van der Waals surface area contributed by atoms with Crippen LogP contribution in [0.15, 0.2) is 22.7 Å². The molecule has 0 radical (unpaired) electrons. The van der Waals surface area contributed by atoms with Crippen molar-refractivity contribution in [3.63, 3.8) is 0 Å². The maximum atomic E-state index is 11.8. The molecule has 0 aliphatic carbocycles. The molecule has 0 saturated carbocycles. The predicted molar refractivity (Wildman–Crippen MR) is 71.5 cm³/mol. The third kappa shape index (κ3) is 3.86. The summed E-state index contributed by atoms with van der Waals surface area (Å²) in [6, 6.07) is 5.04. The fourth-order valence-electron chi connectivity index (χ4n) is 1.14. The molecule has 0 unspecified atom stereocenters. The monoisotopic (exact) mass is 322 g/mol. The molecule has 0 aliphatic heterocycles. The zero-order valence-corrected chi connectivity index (χ0v) is 12.3. The van der Waals surface area contributed by atoms with Gasteiger partial charge in [-0.2, -0.15) is 12.7 Å². The van der Waals surface area contributed by atoms with Crippen LogP contribution in [0, 0.1) is 0 Å². The van der Waals surface area contributed by atoms with Gasteiger partial charge >= 0.3 is 10.2 Å². The second kappa shape index (κ2) is 5.70. The first-order valence-corrected chi connectivity index (χ1v) is 7.21. The van der Waals surface area contributed by atoms with Gasteiger partial charge < -0.3 is 4.74 Å². The summed E-state index contributed by atoms with van der Waals surface area (Å²) >= 11 is 3.29. The van der Waals surface area contributed by atoms with Gasteiger partial charge in [-0.05, 0) is 12.1 Å². The van der Waals surface area contributed by atoms with Crippen molar-refractivity contribution < 1.29 is 13.2 Å². The van der Waals surface area contributed by atoms with Gasteiger partial charge in [-0.1, -0.05) is 22.9 Å². The molecule has 0 aliphatic rings. The molecule has 1 N–H and O–H groups in total. The van der Waals surface area contributed by atoms with E-state index < -0.39 is 10.2 Å². The van der Waals surface area contributed by atoms with Crippen LogP contribution in [-0.4, -0.2) is 33.4 Å². The van der Waals surface area contributed by atoms with Crippen LogP contribution >= 0.6 is 15.9 Å². The first-order chi connectivity index (χ1) is 7.89. The van der Waals surface area contributed by atoms with E-state index in [1.165, 1.54) is 18.5 Å². The molecule has 0 aromatic heterocycles. The Labute approximate surface area is 110 Å². The Morgan fingerprint density at radius 1 is 1.41 bits per heavy atom. The van der Waals surface area contributed by atoms with E-state index in [-0.39, 0.29) is 0 Å². The minimum absolute atomic E-state index is 0.403. The lowest BCUT2D eigenvalue weighted by Crippen LogP contribution is -2.32. The minimum Gasteiger partial charge on any atom is -0.497 e.